The molecule has 1 unspecified atom stereocenters. The lowest BCUT2D eigenvalue weighted by atomic mass is 10.1. The zero-order valence-corrected chi connectivity index (χ0v) is 13.8. The number of hydrogen-bond acceptors (Lipinski definition) is 3. The van der Waals surface area contributed by atoms with E-state index in [0.29, 0.717) is 6.04 Å². The van der Waals surface area contributed by atoms with Gasteiger partial charge < -0.3 is 14.6 Å². The van der Waals surface area contributed by atoms with E-state index in [1.165, 1.54) is 18.5 Å². The molecule has 0 bridgehead atoms. The van der Waals surface area contributed by atoms with E-state index in [2.05, 4.69) is 60.8 Å². The van der Waals surface area contributed by atoms with Gasteiger partial charge in [0.2, 0.25) is 0 Å². The van der Waals surface area contributed by atoms with E-state index in [1.807, 2.05) is 6.07 Å². The van der Waals surface area contributed by atoms with Gasteiger partial charge in [-0.3, -0.25) is 0 Å². The number of pyridine rings is 1. The van der Waals surface area contributed by atoms with Crippen LogP contribution in [0.25, 0.3) is 5.65 Å². The summed E-state index contributed by atoms with van der Waals surface area (Å²) in [7, 11) is 2.16. The van der Waals surface area contributed by atoms with Crippen LogP contribution in [0, 0.1) is 0 Å². The molecule has 2 rings (SSSR count). The second kappa shape index (κ2) is 7.46. The molecule has 0 aliphatic heterocycles. The maximum absolute atomic E-state index is 4.84. The first-order chi connectivity index (χ1) is 10.2. The maximum Gasteiger partial charge on any atom is 0.152 e. The zero-order chi connectivity index (χ0) is 15.2. The lowest BCUT2D eigenvalue weighted by molar-refractivity contribution is 0.604. The summed E-state index contributed by atoms with van der Waals surface area (Å²) >= 11 is 0. The Balaban J connectivity index is 2.33. The van der Waals surface area contributed by atoms with E-state index < -0.39 is 0 Å². The predicted molar refractivity (Wildman–Crippen MR) is 90.0 cm³/mol. The number of nitrogens with one attached hydrogen (secondary N) is 1. The largest absolute Gasteiger partial charge is 0.355 e. The highest BCUT2D eigenvalue weighted by Gasteiger charge is 2.18. The van der Waals surface area contributed by atoms with E-state index in [4.69, 9.17) is 4.98 Å². The van der Waals surface area contributed by atoms with Crippen LogP contribution in [0.4, 0.5) is 5.82 Å². The number of aromatic nitrogens is 2. The molecule has 2 aromatic rings. The van der Waals surface area contributed by atoms with Gasteiger partial charge >= 0.3 is 0 Å². The topological polar surface area (TPSA) is 32.6 Å². The van der Waals surface area contributed by atoms with E-state index in [9.17, 15) is 0 Å². The summed E-state index contributed by atoms with van der Waals surface area (Å²) in [5, 5.41) is 3.51. The number of nitrogens with zero attached hydrogens (tertiary/aromatic N) is 3. The fourth-order valence-electron chi connectivity index (χ4n) is 2.68. The van der Waals surface area contributed by atoms with Gasteiger partial charge in [-0.15, -0.1) is 0 Å². The second-order valence-electron chi connectivity index (χ2n) is 5.74. The number of hydrogen-bond donors (Lipinski definition) is 1. The molecule has 0 saturated carbocycles. The molecular formula is C17H28N4. The molecule has 0 saturated heterocycles. The molecule has 2 aromatic heterocycles. The van der Waals surface area contributed by atoms with Crippen LogP contribution in [-0.4, -0.2) is 29.0 Å². The summed E-state index contributed by atoms with van der Waals surface area (Å²) in [6.07, 6.45) is 5.63. The smallest absolute Gasteiger partial charge is 0.152 e. The predicted octanol–water partition coefficient (Wildman–Crippen LogP) is 3.46. The monoisotopic (exact) mass is 288 g/mol. The molecule has 0 aliphatic carbocycles. The first-order valence-electron chi connectivity index (χ1n) is 8.08. The molecule has 0 aromatic carbocycles. The van der Waals surface area contributed by atoms with Gasteiger partial charge in [0.1, 0.15) is 5.65 Å². The van der Waals surface area contributed by atoms with Crippen LogP contribution in [-0.2, 0) is 6.54 Å². The first-order valence-corrected chi connectivity index (χ1v) is 8.08. The van der Waals surface area contributed by atoms with Crippen molar-refractivity contribution in [2.24, 2.45) is 0 Å². The Morgan fingerprint density at radius 2 is 2.10 bits per heavy atom. The Labute approximate surface area is 128 Å². The Bertz CT molecular complexity index is 561. The molecule has 0 fully saturated rings. The van der Waals surface area contributed by atoms with Crippen molar-refractivity contribution in [1.29, 1.82) is 0 Å². The van der Waals surface area contributed by atoms with Crippen molar-refractivity contribution in [2.45, 2.75) is 52.6 Å². The number of anilines is 1. The van der Waals surface area contributed by atoms with Crippen molar-refractivity contribution in [3.05, 3.63) is 30.1 Å². The number of rotatable bonds is 8. The third-order valence-corrected chi connectivity index (χ3v) is 4.03. The molecule has 1 atom stereocenters. The second-order valence-corrected chi connectivity index (χ2v) is 5.74. The Kier molecular flexibility index (Phi) is 5.62. The van der Waals surface area contributed by atoms with Crippen LogP contribution < -0.4 is 10.2 Å². The minimum atomic E-state index is 0.504. The van der Waals surface area contributed by atoms with Gasteiger partial charge in [-0.2, -0.15) is 0 Å². The summed E-state index contributed by atoms with van der Waals surface area (Å²) < 4.78 is 2.20. The summed E-state index contributed by atoms with van der Waals surface area (Å²) in [4.78, 5) is 7.16. The van der Waals surface area contributed by atoms with Crippen molar-refractivity contribution in [1.82, 2.24) is 14.7 Å². The number of fused-ring (bicyclic) bond motifs is 1. The highest BCUT2D eigenvalue weighted by Crippen LogP contribution is 2.23. The summed E-state index contributed by atoms with van der Waals surface area (Å²) in [6, 6.07) is 6.69. The van der Waals surface area contributed by atoms with E-state index in [1.54, 1.807) is 0 Å². The third-order valence-electron chi connectivity index (χ3n) is 4.03. The highest BCUT2D eigenvalue weighted by atomic mass is 15.2. The highest BCUT2D eigenvalue weighted by molar-refractivity contribution is 5.56. The third kappa shape index (κ3) is 3.56. The maximum atomic E-state index is 4.84. The zero-order valence-electron chi connectivity index (χ0n) is 13.8. The summed E-state index contributed by atoms with van der Waals surface area (Å²) in [6.45, 7) is 8.59. The van der Waals surface area contributed by atoms with Gasteiger partial charge in [0.05, 0.1) is 5.69 Å². The fraction of sp³-hybridized carbons (Fsp3) is 0.588. The van der Waals surface area contributed by atoms with Crippen LogP contribution in [0.2, 0.25) is 0 Å². The van der Waals surface area contributed by atoms with Crippen molar-refractivity contribution >= 4 is 11.5 Å². The van der Waals surface area contributed by atoms with Gasteiger partial charge in [-0.1, -0.05) is 26.3 Å². The van der Waals surface area contributed by atoms with Gasteiger partial charge in [0, 0.05) is 25.8 Å². The number of imidazole rings is 1. The average Bonchev–Trinajstić information content (AvgIpc) is 2.86. The van der Waals surface area contributed by atoms with Crippen molar-refractivity contribution < 1.29 is 0 Å². The molecular weight excluding hydrogens is 260 g/mol. The molecule has 0 spiro atoms. The molecule has 2 heterocycles. The minimum Gasteiger partial charge on any atom is -0.355 e. The van der Waals surface area contributed by atoms with Crippen LogP contribution in [0.5, 0.6) is 0 Å². The molecule has 1 N–H and O–H groups in total. The van der Waals surface area contributed by atoms with Gasteiger partial charge in [-0.05, 0) is 38.4 Å². The van der Waals surface area contributed by atoms with Crippen LogP contribution in [0.15, 0.2) is 24.4 Å². The molecule has 116 valence electrons. The lowest BCUT2D eigenvalue weighted by Crippen LogP contribution is -2.30. The summed E-state index contributed by atoms with van der Waals surface area (Å²) in [5.41, 5.74) is 2.28. The normalized spacial score (nSPS) is 12.8. The van der Waals surface area contributed by atoms with Crippen LogP contribution in [0.3, 0.4) is 0 Å². The SMILES string of the molecule is CCCNCc1c(N(C)C(C)CCC)nc2ccccn12. The Morgan fingerprint density at radius 1 is 1.29 bits per heavy atom. The summed E-state index contributed by atoms with van der Waals surface area (Å²) in [5.74, 6) is 1.10. The van der Waals surface area contributed by atoms with Crippen LogP contribution >= 0.6 is 0 Å². The van der Waals surface area contributed by atoms with Crippen molar-refractivity contribution in [3.8, 4) is 0 Å². The molecule has 0 radical (unpaired) electrons. The first kappa shape index (κ1) is 15.8. The van der Waals surface area contributed by atoms with Gasteiger partial charge in [-0.25, -0.2) is 4.98 Å². The van der Waals surface area contributed by atoms with E-state index in [0.717, 1.165) is 31.0 Å². The lowest BCUT2D eigenvalue weighted by Gasteiger charge is -2.25. The van der Waals surface area contributed by atoms with E-state index >= 15 is 0 Å². The minimum absolute atomic E-state index is 0.504. The molecule has 4 heteroatoms. The van der Waals surface area contributed by atoms with Crippen molar-refractivity contribution in [3.63, 3.8) is 0 Å². The Hall–Kier alpha value is -1.55. The molecule has 0 aliphatic rings. The fourth-order valence-corrected chi connectivity index (χ4v) is 2.68. The molecule has 4 nitrogen and oxygen atoms in total. The van der Waals surface area contributed by atoms with E-state index in [-0.39, 0.29) is 0 Å². The standard InChI is InChI=1S/C17H28N4/c1-5-9-14(3)20(4)17-15(13-18-11-6-2)21-12-8-7-10-16(21)19-17/h7-8,10,12,14,18H,5-6,9,11,13H2,1-4H3. The van der Waals surface area contributed by atoms with Gasteiger partial charge in [0.15, 0.2) is 5.82 Å². The quantitative estimate of drug-likeness (QED) is 0.755. The van der Waals surface area contributed by atoms with Crippen LogP contribution in [0.1, 0.15) is 45.7 Å². The average molecular weight is 288 g/mol. The Morgan fingerprint density at radius 3 is 2.81 bits per heavy atom. The molecule has 0 amide bonds. The van der Waals surface area contributed by atoms with Crippen molar-refractivity contribution in [2.75, 3.05) is 18.5 Å². The molecule has 21 heavy (non-hydrogen) atoms. The van der Waals surface area contributed by atoms with Gasteiger partial charge in [0.25, 0.3) is 0 Å².